The summed E-state index contributed by atoms with van der Waals surface area (Å²) in [7, 11) is 1.77. The number of rotatable bonds is 11. The lowest BCUT2D eigenvalue weighted by molar-refractivity contribution is -0.0314. The Balaban J connectivity index is 0.945. The van der Waals surface area contributed by atoms with Gasteiger partial charge in [0.25, 0.3) is 5.56 Å². The molecular weight excluding hydrogens is 905 g/mol. The third-order valence-corrected chi connectivity index (χ3v) is 15.1. The van der Waals surface area contributed by atoms with Crippen molar-refractivity contribution in [3.05, 3.63) is 148 Å². The first-order valence-electron chi connectivity index (χ1n) is 25.6. The smallest absolute Gasteiger partial charge is 0.410 e. The second kappa shape index (κ2) is 18.9. The van der Waals surface area contributed by atoms with Gasteiger partial charge in [-0.1, -0.05) is 84.9 Å². The van der Waals surface area contributed by atoms with Gasteiger partial charge in [-0.25, -0.2) is 19.6 Å². The molecule has 2 saturated heterocycles. The highest BCUT2D eigenvalue weighted by Crippen LogP contribution is 2.46. The van der Waals surface area contributed by atoms with Crippen molar-refractivity contribution in [2.75, 3.05) is 44.2 Å². The lowest BCUT2D eigenvalue weighted by Crippen LogP contribution is -2.62. The Labute approximate surface area is 420 Å². The molecule has 2 aliphatic heterocycles. The number of aromatic amines is 1. The number of piperazine rings is 1. The number of hydrogen-bond donors (Lipinski definition) is 2. The second-order valence-electron chi connectivity index (χ2n) is 21.3. The quantitative estimate of drug-likeness (QED) is 0.128. The van der Waals surface area contributed by atoms with Gasteiger partial charge in [-0.3, -0.25) is 9.69 Å². The molecule has 2 N–H and O–H groups in total. The van der Waals surface area contributed by atoms with E-state index in [0.29, 0.717) is 29.7 Å². The Morgan fingerprint density at radius 1 is 0.792 bits per heavy atom. The zero-order valence-corrected chi connectivity index (χ0v) is 42.1. The summed E-state index contributed by atoms with van der Waals surface area (Å²) in [5, 5.41) is 4.79. The van der Waals surface area contributed by atoms with Crippen LogP contribution in [0.4, 0.5) is 15.5 Å². The van der Waals surface area contributed by atoms with E-state index >= 15 is 0 Å². The number of fused-ring (bicyclic) bond motifs is 5. The maximum atomic E-state index is 14.2. The largest absolute Gasteiger partial charge is 0.449 e. The molecule has 14 heteroatoms. The summed E-state index contributed by atoms with van der Waals surface area (Å²) < 4.78 is 20.9. The summed E-state index contributed by atoms with van der Waals surface area (Å²) in [5.74, 6) is 0.494. The van der Waals surface area contributed by atoms with E-state index in [1.807, 2.05) is 98.6 Å². The van der Waals surface area contributed by atoms with Crippen molar-refractivity contribution in [3.8, 4) is 22.3 Å². The number of hydrogen-bond acceptors (Lipinski definition) is 10. The zero-order valence-electron chi connectivity index (χ0n) is 42.1. The van der Waals surface area contributed by atoms with Crippen molar-refractivity contribution in [3.63, 3.8) is 0 Å². The topological polar surface area (TPSA) is 147 Å². The molecule has 3 fully saturated rings. The highest BCUT2D eigenvalue weighted by Gasteiger charge is 2.45. The van der Waals surface area contributed by atoms with Crippen molar-refractivity contribution in [2.45, 2.75) is 102 Å². The predicted molar refractivity (Wildman–Crippen MR) is 280 cm³/mol. The van der Waals surface area contributed by atoms with Gasteiger partial charge in [0, 0.05) is 86.0 Å². The summed E-state index contributed by atoms with van der Waals surface area (Å²) in [5.41, 5.74) is 7.18. The Morgan fingerprint density at radius 3 is 2.18 bits per heavy atom. The van der Waals surface area contributed by atoms with Gasteiger partial charge < -0.3 is 38.9 Å². The van der Waals surface area contributed by atoms with Gasteiger partial charge in [-0.2, -0.15) is 0 Å². The summed E-state index contributed by atoms with van der Waals surface area (Å²) in [6, 6.07) is 35.4. The highest BCUT2D eigenvalue weighted by atomic mass is 16.6. The van der Waals surface area contributed by atoms with Crippen LogP contribution in [0, 0.1) is 0 Å². The maximum Gasteiger partial charge on any atom is 0.410 e. The number of ether oxygens (including phenoxy) is 3. The lowest BCUT2D eigenvalue weighted by atomic mass is 9.86. The third kappa shape index (κ3) is 8.99. The Hall–Kier alpha value is -7.03. The maximum absolute atomic E-state index is 14.2. The van der Waals surface area contributed by atoms with E-state index in [9.17, 15) is 14.4 Å². The normalized spacial score (nSPS) is 19.5. The van der Waals surface area contributed by atoms with Crippen LogP contribution in [0.25, 0.3) is 44.1 Å². The molecule has 0 unspecified atom stereocenters. The van der Waals surface area contributed by atoms with Gasteiger partial charge in [-0.05, 0) is 112 Å². The van der Waals surface area contributed by atoms with Crippen LogP contribution < -0.4 is 15.8 Å². The fraction of sp³-hybridized carbons (Fsp3) is 0.397. The van der Waals surface area contributed by atoms with Crippen LogP contribution in [0.1, 0.15) is 88.6 Å². The lowest BCUT2D eigenvalue weighted by Gasteiger charge is -2.49. The van der Waals surface area contributed by atoms with E-state index in [-0.39, 0.29) is 48.9 Å². The molecule has 372 valence electrons. The molecule has 5 heterocycles. The fourth-order valence-electron chi connectivity index (χ4n) is 11.4. The van der Waals surface area contributed by atoms with Gasteiger partial charge in [-0.15, -0.1) is 0 Å². The van der Waals surface area contributed by atoms with Gasteiger partial charge in [0.1, 0.15) is 17.7 Å². The number of nitrogens with zero attached hydrogens (tertiary/aromatic N) is 6. The van der Waals surface area contributed by atoms with Gasteiger partial charge in [0.05, 0.1) is 23.9 Å². The van der Waals surface area contributed by atoms with Gasteiger partial charge in [0.15, 0.2) is 5.60 Å². The SMILES string of the molecule is C[C@@H]1CN(C2CCN(c3nc([C@@](CNC(=O)OCC4c5ccccc5-c5ccccc54)(OC4CC4)c4ccccc4)c4cc(-c5cn(C)c(=O)c6[nH]ccc56)ccc4n3)CC2)[C@@H](C)CN1C(=O)OC(C)(C)C. The number of anilines is 1. The predicted octanol–water partition coefficient (Wildman–Crippen LogP) is 9.74. The summed E-state index contributed by atoms with van der Waals surface area (Å²) in [6.45, 7) is 13.1. The van der Waals surface area contributed by atoms with E-state index in [4.69, 9.17) is 24.2 Å². The molecule has 3 aromatic heterocycles. The average molecular weight is 969 g/mol. The van der Waals surface area contributed by atoms with Crippen molar-refractivity contribution >= 4 is 39.9 Å². The molecule has 0 bridgehead atoms. The molecule has 3 atom stereocenters. The minimum Gasteiger partial charge on any atom is -0.449 e. The second-order valence-corrected chi connectivity index (χ2v) is 21.3. The highest BCUT2D eigenvalue weighted by molar-refractivity contribution is 5.97. The van der Waals surface area contributed by atoms with Crippen LogP contribution in [0.5, 0.6) is 0 Å². The number of aromatic nitrogens is 4. The van der Waals surface area contributed by atoms with Crippen LogP contribution in [0.15, 0.2) is 120 Å². The molecule has 4 aromatic carbocycles. The minimum absolute atomic E-state index is 0.0130. The molecule has 11 rings (SSSR count). The molecule has 0 spiro atoms. The van der Waals surface area contributed by atoms with E-state index in [2.05, 4.69) is 70.3 Å². The molecule has 72 heavy (non-hydrogen) atoms. The monoisotopic (exact) mass is 968 g/mol. The van der Waals surface area contributed by atoms with Crippen LogP contribution in [0.2, 0.25) is 0 Å². The van der Waals surface area contributed by atoms with E-state index in [0.717, 1.165) is 101 Å². The number of amides is 2. The zero-order chi connectivity index (χ0) is 49.9. The minimum atomic E-state index is -1.27. The van der Waals surface area contributed by atoms with Crippen LogP contribution >= 0.6 is 0 Å². The van der Waals surface area contributed by atoms with Crippen molar-refractivity contribution in [2.24, 2.45) is 7.05 Å². The standard InChI is InChI=1S/C58H64N8O6/c1-36-32-66(56(69)72-57(3,4)5)37(2)31-65(36)40-25-28-64(29-26-40)54-61-50-23-20-38(48-33-63(6)53(67)51-46(48)24-27-59-51)30-47(50)52(62-54)58(71-41-21-22-41,39-14-8-7-9-15-39)35-60-55(68)70-34-49-44-18-12-10-16-42(44)43-17-11-13-19-45(43)49/h7-20,23-24,27,30,33,36-37,40-41,49,59H,21-22,25-26,28-29,31-32,34-35H2,1-6H3,(H,60,68)/t36-,37+,58-/m0/s1. The molecule has 14 nitrogen and oxygen atoms in total. The number of aryl methyl sites for hydroxylation is 1. The number of benzene rings is 4. The fourth-order valence-corrected chi connectivity index (χ4v) is 11.4. The average Bonchev–Trinajstić information content (AvgIpc) is 3.95. The number of carbonyl (C=O) groups excluding carboxylic acids is 2. The molecule has 2 aliphatic carbocycles. The van der Waals surface area contributed by atoms with Crippen molar-refractivity contribution < 1.29 is 23.8 Å². The van der Waals surface area contributed by atoms with Crippen LogP contribution in [-0.4, -0.2) is 111 Å². The number of piperidine rings is 1. The Morgan fingerprint density at radius 2 is 1.49 bits per heavy atom. The van der Waals surface area contributed by atoms with Crippen LogP contribution in [0.3, 0.4) is 0 Å². The van der Waals surface area contributed by atoms with E-state index < -0.39 is 17.3 Å². The first kappa shape index (κ1) is 47.3. The third-order valence-electron chi connectivity index (χ3n) is 15.1. The number of nitrogens with one attached hydrogen (secondary N) is 2. The molecule has 1 saturated carbocycles. The number of alkyl carbamates (subject to hydrolysis) is 1. The van der Waals surface area contributed by atoms with Crippen molar-refractivity contribution in [1.29, 1.82) is 0 Å². The van der Waals surface area contributed by atoms with Crippen LogP contribution in [-0.2, 0) is 26.9 Å². The van der Waals surface area contributed by atoms with E-state index in [1.54, 1.807) is 17.8 Å². The molecule has 2 amide bonds. The first-order valence-corrected chi connectivity index (χ1v) is 25.6. The summed E-state index contributed by atoms with van der Waals surface area (Å²) in [6.07, 6.45) is 6.34. The summed E-state index contributed by atoms with van der Waals surface area (Å²) in [4.78, 5) is 61.4. The Bertz CT molecular complexity index is 3180. The number of carbonyl (C=O) groups is 2. The number of H-pyrrole nitrogens is 1. The van der Waals surface area contributed by atoms with E-state index in [1.165, 1.54) is 0 Å². The van der Waals surface area contributed by atoms with Gasteiger partial charge in [0.2, 0.25) is 5.95 Å². The van der Waals surface area contributed by atoms with Gasteiger partial charge >= 0.3 is 12.2 Å². The molecule has 0 radical (unpaired) electrons. The number of pyridine rings is 1. The Kier molecular flexibility index (Phi) is 12.4. The molecular formula is C58H64N8O6. The molecule has 7 aromatic rings. The summed E-state index contributed by atoms with van der Waals surface area (Å²) >= 11 is 0. The van der Waals surface area contributed by atoms with Crippen molar-refractivity contribution in [1.82, 2.24) is 34.6 Å². The molecule has 4 aliphatic rings. The first-order chi connectivity index (χ1) is 34.7.